The lowest BCUT2D eigenvalue weighted by molar-refractivity contribution is -0.121. The molecule has 0 unspecified atom stereocenters. The Kier molecular flexibility index (Phi) is 3.83. The van der Waals surface area contributed by atoms with Gasteiger partial charge in [0.2, 0.25) is 0 Å². The number of hydrogen-bond donors (Lipinski definition) is 3. The van der Waals surface area contributed by atoms with Crippen LogP contribution < -0.4 is 15.2 Å². The highest BCUT2D eigenvalue weighted by Crippen LogP contribution is 2.14. The molecule has 4 N–H and O–H groups in total. The van der Waals surface area contributed by atoms with E-state index in [1.54, 1.807) is 0 Å². The molecule has 1 aromatic rings. The Morgan fingerprint density at radius 3 is 2.18 bits per heavy atom. The Bertz CT molecular complexity index is 470. The van der Waals surface area contributed by atoms with Gasteiger partial charge in [-0.2, -0.15) is 26.3 Å². The number of nitrogen functional groups attached to an aromatic ring is 1. The van der Waals surface area contributed by atoms with Gasteiger partial charge in [-0.15, -0.1) is 0 Å². The van der Waals surface area contributed by atoms with Crippen molar-refractivity contribution < 1.29 is 21.6 Å². The third-order valence-electron chi connectivity index (χ3n) is 1.63. The van der Waals surface area contributed by atoms with Crippen molar-refractivity contribution in [2.75, 3.05) is 17.0 Å². The third-order valence-corrected chi connectivity index (χ3v) is 2.65. The summed E-state index contributed by atoms with van der Waals surface area (Å²) in [6.07, 6.45) is -4.60. The van der Waals surface area contributed by atoms with Crippen molar-refractivity contribution in [1.29, 1.82) is 0 Å². The molecular formula is C8H10F3N3O2S. The maximum absolute atomic E-state index is 11.8. The first-order valence-corrected chi connectivity index (χ1v) is 5.86. The average molecular weight is 269 g/mol. The molecule has 0 aliphatic heterocycles. The zero-order valence-electron chi connectivity index (χ0n) is 8.45. The molecule has 0 aliphatic carbocycles. The molecule has 0 radical (unpaired) electrons. The number of rotatable bonds is 4. The predicted octanol–water partition coefficient (Wildman–Crippen LogP) is 1.08. The van der Waals surface area contributed by atoms with E-state index in [1.165, 1.54) is 29.0 Å². The zero-order valence-corrected chi connectivity index (χ0v) is 9.27. The van der Waals surface area contributed by atoms with Crippen LogP contribution in [0.1, 0.15) is 0 Å². The van der Waals surface area contributed by atoms with Crippen LogP contribution in [0.25, 0.3) is 0 Å². The third kappa shape index (κ3) is 5.41. The molecule has 0 saturated carbocycles. The van der Waals surface area contributed by atoms with E-state index < -0.39 is 22.9 Å². The summed E-state index contributed by atoms with van der Waals surface area (Å²) in [5, 5.41) is 0. The summed E-state index contributed by atoms with van der Waals surface area (Å²) in [6.45, 7) is -1.63. The minimum absolute atomic E-state index is 0.119. The Hall–Kier alpha value is -1.48. The van der Waals surface area contributed by atoms with E-state index in [0.717, 1.165) is 0 Å². The molecule has 0 spiro atoms. The van der Waals surface area contributed by atoms with E-state index in [-0.39, 0.29) is 5.69 Å². The van der Waals surface area contributed by atoms with Gasteiger partial charge >= 0.3 is 6.18 Å². The molecule has 0 aromatic heterocycles. The van der Waals surface area contributed by atoms with Gasteiger partial charge in [-0.25, -0.2) is 0 Å². The van der Waals surface area contributed by atoms with Gasteiger partial charge in [0.15, 0.2) is 0 Å². The second kappa shape index (κ2) is 4.80. The fourth-order valence-electron chi connectivity index (χ4n) is 0.919. The van der Waals surface area contributed by atoms with Crippen LogP contribution in [0, 0.1) is 0 Å². The van der Waals surface area contributed by atoms with Crippen molar-refractivity contribution in [1.82, 2.24) is 4.72 Å². The van der Waals surface area contributed by atoms with Crippen LogP contribution in [-0.4, -0.2) is 21.1 Å². The van der Waals surface area contributed by atoms with Crippen LogP contribution in [0.3, 0.4) is 0 Å². The fourth-order valence-corrected chi connectivity index (χ4v) is 1.79. The summed E-state index contributed by atoms with van der Waals surface area (Å²) >= 11 is 0. The molecule has 0 bridgehead atoms. The van der Waals surface area contributed by atoms with Crippen molar-refractivity contribution in [3.63, 3.8) is 0 Å². The molecule has 17 heavy (non-hydrogen) atoms. The Labute approximate surface area is 96.0 Å². The number of nitrogens with one attached hydrogen (secondary N) is 2. The van der Waals surface area contributed by atoms with Crippen molar-refractivity contribution in [3.8, 4) is 0 Å². The summed E-state index contributed by atoms with van der Waals surface area (Å²) in [5.74, 6) is 0. The Morgan fingerprint density at radius 2 is 1.71 bits per heavy atom. The van der Waals surface area contributed by atoms with E-state index in [0.29, 0.717) is 5.69 Å². The maximum atomic E-state index is 11.8. The van der Waals surface area contributed by atoms with E-state index in [1.807, 2.05) is 4.72 Å². The van der Waals surface area contributed by atoms with Crippen LogP contribution in [0.5, 0.6) is 0 Å². The molecule has 5 nitrogen and oxygen atoms in total. The number of alkyl halides is 3. The predicted molar refractivity (Wildman–Crippen MR) is 57.5 cm³/mol. The Balaban J connectivity index is 2.64. The lowest BCUT2D eigenvalue weighted by Crippen LogP contribution is -2.37. The number of benzene rings is 1. The molecular weight excluding hydrogens is 259 g/mol. The largest absolute Gasteiger partial charge is 0.402 e. The lowest BCUT2D eigenvalue weighted by Gasteiger charge is -2.11. The van der Waals surface area contributed by atoms with Crippen molar-refractivity contribution >= 4 is 21.6 Å². The second-order valence-electron chi connectivity index (χ2n) is 3.16. The fraction of sp³-hybridized carbons (Fsp3) is 0.250. The monoisotopic (exact) mass is 269 g/mol. The van der Waals surface area contributed by atoms with Crippen LogP contribution in [0.4, 0.5) is 24.5 Å². The summed E-state index contributed by atoms with van der Waals surface area (Å²) in [4.78, 5) is 0. The summed E-state index contributed by atoms with van der Waals surface area (Å²) < 4.78 is 61.1. The number of halogens is 3. The van der Waals surface area contributed by atoms with Gasteiger partial charge in [-0.3, -0.25) is 4.72 Å². The molecule has 0 saturated heterocycles. The average Bonchev–Trinajstić information content (AvgIpc) is 2.18. The Morgan fingerprint density at radius 1 is 1.18 bits per heavy atom. The van der Waals surface area contributed by atoms with Crippen molar-refractivity contribution in [2.24, 2.45) is 0 Å². The zero-order chi connectivity index (χ0) is 13.1. The molecule has 0 fully saturated rings. The van der Waals surface area contributed by atoms with Crippen molar-refractivity contribution in [3.05, 3.63) is 24.3 Å². The highest BCUT2D eigenvalue weighted by atomic mass is 32.2. The maximum Gasteiger partial charge on any atom is 0.402 e. The second-order valence-corrected chi connectivity index (χ2v) is 4.66. The van der Waals surface area contributed by atoms with Crippen LogP contribution in [0.2, 0.25) is 0 Å². The van der Waals surface area contributed by atoms with E-state index >= 15 is 0 Å². The minimum Gasteiger partial charge on any atom is -0.399 e. The van der Waals surface area contributed by atoms with Gasteiger partial charge < -0.3 is 5.73 Å². The van der Waals surface area contributed by atoms with Crippen LogP contribution in [0.15, 0.2) is 24.3 Å². The lowest BCUT2D eigenvalue weighted by atomic mass is 10.3. The van der Waals surface area contributed by atoms with Crippen molar-refractivity contribution in [2.45, 2.75) is 6.18 Å². The minimum atomic E-state index is -4.60. The summed E-state index contributed by atoms with van der Waals surface area (Å²) in [5.41, 5.74) is 5.90. The molecule has 1 rings (SSSR count). The van der Waals surface area contributed by atoms with E-state index in [4.69, 9.17) is 5.73 Å². The SMILES string of the molecule is Nc1ccc(NS(=O)(=O)NCC(F)(F)F)cc1. The quantitative estimate of drug-likeness (QED) is 0.715. The summed E-state index contributed by atoms with van der Waals surface area (Å²) in [6, 6.07) is 5.51. The number of hydrogen-bond acceptors (Lipinski definition) is 3. The standard InChI is InChI=1S/C8H10F3N3O2S/c9-8(10,11)5-13-17(15,16)14-7-3-1-6(12)2-4-7/h1-4,13-14H,5,12H2. The van der Waals surface area contributed by atoms with Gasteiger partial charge in [0.1, 0.15) is 6.54 Å². The molecule has 0 aliphatic rings. The van der Waals surface area contributed by atoms with Gasteiger partial charge in [0, 0.05) is 11.4 Å². The molecule has 0 heterocycles. The highest BCUT2D eigenvalue weighted by Gasteiger charge is 2.29. The number of anilines is 2. The number of nitrogens with two attached hydrogens (primary N) is 1. The normalized spacial score (nSPS) is 12.4. The molecule has 0 amide bonds. The first-order valence-electron chi connectivity index (χ1n) is 4.38. The van der Waals surface area contributed by atoms with Crippen LogP contribution >= 0.6 is 0 Å². The first kappa shape index (κ1) is 13.6. The van der Waals surface area contributed by atoms with Gasteiger partial charge in [0.05, 0.1) is 0 Å². The van der Waals surface area contributed by atoms with E-state index in [2.05, 4.69) is 0 Å². The van der Waals surface area contributed by atoms with Gasteiger partial charge in [0.25, 0.3) is 10.2 Å². The van der Waals surface area contributed by atoms with Gasteiger partial charge in [-0.1, -0.05) is 0 Å². The van der Waals surface area contributed by atoms with Gasteiger partial charge in [-0.05, 0) is 24.3 Å². The molecule has 1 aromatic carbocycles. The van der Waals surface area contributed by atoms with E-state index in [9.17, 15) is 21.6 Å². The summed E-state index contributed by atoms with van der Waals surface area (Å²) in [7, 11) is -4.24. The first-order chi connectivity index (χ1) is 7.68. The molecule has 0 atom stereocenters. The highest BCUT2D eigenvalue weighted by molar-refractivity contribution is 7.90. The molecule has 9 heteroatoms. The van der Waals surface area contributed by atoms with Crippen LogP contribution in [-0.2, 0) is 10.2 Å². The molecule has 96 valence electrons. The topological polar surface area (TPSA) is 84.2 Å². The smallest absolute Gasteiger partial charge is 0.399 e.